The number of carbonyl (C=O) groups excluding carboxylic acids is 1. The monoisotopic (exact) mass is 381 g/mol. The van der Waals surface area contributed by atoms with Crippen LogP contribution in [-0.2, 0) is 11.3 Å². The van der Waals surface area contributed by atoms with Gasteiger partial charge in [0.1, 0.15) is 23.8 Å². The lowest BCUT2D eigenvalue weighted by atomic mass is 10.0. The SMILES string of the molecule is O=C1OCc2cc(-c3ccc(C=Cc4[nH]c(=O)[nH]c(=O)c4[N+](=O)[O-])o3)ccc21. The molecule has 0 spiro atoms. The van der Waals surface area contributed by atoms with E-state index >= 15 is 0 Å². The number of fused-ring (bicyclic) bond motifs is 1. The maximum absolute atomic E-state index is 11.6. The maximum atomic E-state index is 11.6. The van der Waals surface area contributed by atoms with Crippen molar-refractivity contribution in [3.63, 3.8) is 0 Å². The first kappa shape index (κ1) is 17.2. The van der Waals surface area contributed by atoms with Crippen molar-refractivity contribution in [1.29, 1.82) is 0 Å². The van der Waals surface area contributed by atoms with Gasteiger partial charge in [-0.3, -0.25) is 19.9 Å². The van der Waals surface area contributed by atoms with E-state index in [1.54, 1.807) is 30.3 Å². The van der Waals surface area contributed by atoms with Crippen molar-refractivity contribution in [3.05, 3.63) is 83.9 Å². The maximum Gasteiger partial charge on any atom is 0.357 e. The largest absolute Gasteiger partial charge is 0.457 e. The number of aromatic amines is 2. The van der Waals surface area contributed by atoms with E-state index in [4.69, 9.17) is 9.15 Å². The molecule has 10 nitrogen and oxygen atoms in total. The Kier molecular flexibility index (Phi) is 4.00. The van der Waals surface area contributed by atoms with Gasteiger partial charge in [-0.1, -0.05) is 6.07 Å². The molecule has 0 unspecified atom stereocenters. The van der Waals surface area contributed by atoms with Crippen LogP contribution in [0.15, 0.2) is 44.3 Å². The summed E-state index contributed by atoms with van der Waals surface area (Å²) in [5.74, 6) is 0.493. The second kappa shape index (κ2) is 6.50. The normalized spacial score (nSPS) is 12.9. The number of furan rings is 1. The van der Waals surface area contributed by atoms with Crippen molar-refractivity contribution in [1.82, 2.24) is 9.97 Å². The molecule has 1 aromatic carbocycles. The van der Waals surface area contributed by atoms with Crippen molar-refractivity contribution >= 4 is 23.8 Å². The van der Waals surface area contributed by atoms with Gasteiger partial charge in [0, 0.05) is 11.1 Å². The highest BCUT2D eigenvalue weighted by Gasteiger charge is 2.22. The van der Waals surface area contributed by atoms with E-state index in [9.17, 15) is 24.5 Å². The zero-order valence-electron chi connectivity index (χ0n) is 14.1. The highest BCUT2D eigenvalue weighted by atomic mass is 16.6. The van der Waals surface area contributed by atoms with Crippen molar-refractivity contribution in [2.45, 2.75) is 6.61 Å². The van der Waals surface area contributed by atoms with E-state index in [2.05, 4.69) is 4.98 Å². The standard InChI is InChI=1S/C18H11N3O7/c22-16-15(21(25)26)13(19-18(24)20-16)5-2-11-3-6-14(28-11)9-1-4-12-10(7-9)8-27-17(12)23/h1-7H,8H2,(H2,19,20,22,24). The molecular weight excluding hydrogens is 370 g/mol. The van der Waals surface area contributed by atoms with Gasteiger partial charge >= 0.3 is 22.9 Å². The fraction of sp³-hybridized carbons (Fsp3) is 0.0556. The summed E-state index contributed by atoms with van der Waals surface area (Å²) in [6.07, 6.45) is 2.60. The Bertz CT molecular complexity index is 1260. The average Bonchev–Trinajstić information content (AvgIpc) is 3.26. The molecule has 0 radical (unpaired) electrons. The average molecular weight is 381 g/mol. The third kappa shape index (κ3) is 3.03. The highest BCUT2D eigenvalue weighted by molar-refractivity contribution is 5.94. The Labute approximate surface area is 155 Å². The zero-order chi connectivity index (χ0) is 19.8. The number of nitrogens with zero attached hydrogens (tertiary/aromatic N) is 1. The van der Waals surface area contributed by atoms with Gasteiger partial charge in [0.2, 0.25) is 0 Å². The lowest BCUT2D eigenvalue weighted by Crippen LogP contribution is -2.25. The molecule has 0 saturated carbocycles. The molecule has 0 saturated heterocycles. The lowest BCUT2D eigenvalue weighted by molar-refractivity contribution is -0.386. The number of rotatable bonds is 4. The molecular formula is C18H11N3O7. The Morgan fingerprint density at radius 3 is 2.68 bits per heavy atom. The Morgan fingerprint density at radius 1 is 1.07 bits per heavy atom. The summed E-state index contributed by atoms with van der Waals surface area (Å²) >= 11 is 0. The van der Waals surface area contributed by atoms with Crippen LogP contribution in [-0.4, -0.2) is 20.9 Å². The van der Waals surface area contributed by atoms with Crippen LogP contribution < -0.4 is 11.2 Å². The van der Waals surface area contributed by atoms with E-state index in [0.717, 1.165) is 11.1 Å². The summed E-state index contributed by atoms with van der Waals surface area (Å²) in [6, 6.07) is 8.47. The molecule has 0 amide bonds. The van der Waals surface area contributed by atoms with Gasteiger partial charge < -0.3 is 14.1 Å². The van der Waals surface area contributed by atoms with Crippen LogP contribution in [0.1, 0.15) is 27.4 Å². The second-order valence-electron chi connectivity index (χ2n) is 5.91. The van der Waals surface area contributed by atoms with E-state index in [1.165, 1.54) is 12.2 Å². The molecule has 10 heteroatoms. The molecule has 3 aromatic rings. The predicted octanol–water partition coefficient (Wildman–Crippen LogP) is 2.07. The van der Waals surface area contributed by atoms with E-state index in [0.29, 0.717) is 17.1 Å². The van der Waals surface area contributed by atoms with Gasteiger partial charge in [-0.15, -0.1) is 0 Å². The summed E-state index contributed by atoms with van der Waals surface area (Å²) in [6.45, 7) is 0.203. The minimum atomic E-state index is -1.09. The van der Waals surface area contributed by atoms with Crippen LogP contribution in [0.3, 0.4) is 0 Å². The van der Waals surface area contributed by atoms with Crippen molar-refractivity contribution < 1.29 is 18.9 Å². The van der Waals surface area contributed by atoms with Gasteiger partial charge in [0.15, 0.2) is 0 Å². The predicted molar refractivity (Wildman–Crippen MR) is 96.5 cm³/mol. The molecule has 0 bridgehead atoms. The zero-order valence-corrected chi connectivity index (χ0v) is 14.1. The van der Waals surface area contributed by atoms with E-state index in [-0.39, 0.29) is 18.3 Å². The Morgan fingerprint density at radius 2 is 1.89 bits per heavy atom. The number of cyclic esters (lactones) is 1. The van der Waals surface area contributed by atoms with Crippen LogP contribution in [0.2, 0.25) is 0 Å². The fourth-order valence-electron chi connectivity index (χ4n) is 2.85. The van der Waals surface area contributed by atoms with Crippen molar-refractivity contribution in [2.75, 3.05) is 0 Å². The molecule has 140 valence electrons. The molecule has 0 fully saturated rings. The van der Waals surface area contributed by atoms with Gasteiger partial charge in [-0.05, 0) is 36.4 Å². The first-order valence-corrected chi connectivity index (χ1v) is 8.02. The number of hydrogen-bond acceptors (Lipinski definition) is 7. The number of benzene rings is 1. The molecule has 0 atom stereocenters. The minimum Gasteiger partial charge on any atom is -0.457 e. The summed E-state index contributed by atoms with van der Waals surface area (Å²) < 4.78 is 10.6. The van der Waals surface area contributed by atoms with Gasteiger partial charge in [-0.25, -0.2) is 9.59 Å². The van der Waals surface area contributed by atoms with E-state index < -0.39 is 21.9 Å². The van der Waals surface area contributed by atoms with Gasteiger partial charge in [0.25, 0.3) is 0 Å². The molecule has 1 aliphatic rings. The molecule has 4 rings (SSSR count). The van der Waals surface area contributed by atoms with Crippen LogP contribution >= 0.6 is 0 Å². The summed E-state index contributed by atoms with van der Waals surface area (Å²) in [7, 11) is 0. The first-order chi connectivity index (χ1) is 13.4. The first-order valence-electron chi connectivity index (χ1n) is 8.02. The number of nitrogens with one attached hydrogen (secondary N) is 2. The smallest absolute Gasteiger partial charge is 0.357 e. The third-order valence-electron chi connectivity index (χ3n) is 4.14. The van der Waals surface area contributed by atoms with Crippen LogP contribution in [0.5, 0.6) is 0 Å². The minimum absolute atomic E-state index is 0.203. The number of esters is 1. The number of nitro groups is 1. The number of H-pyrrole nitrogens is 2. The molecule has 2 N–H and O–H groups in total. The summed E-state index contributed by atoms with van der Waals surface area (Å²) in [4.78, 5) is 48.7. The fourth-order valence-corrected chi connectivity index (χ4v) is 2.85. The highest BCUT2D eigenvalue weighted by Crippen LogP contribution is 2.28. The number of hydrogen-bond donors (Lipinski definition) is 2. The Balaban J connectivity index is 1.65. The molecule has 3 heterocycles. The molecule has 1 aliphatic heterocycles. The molecule has 2 aromatic heterocycles. The topological polar surface area (TPSA) is 148 Å². The van der Waals surface area contributed by atoms with Gasteiger partial charge in [-0.2, -0.15) is 0 Å². The van der Waals surface area contributed by atoms with Crippen LogP contribution in [0, 0.1) is 10.1 Å². The van der Waals surface area contributed by atoms with Crippen LogP contribution in [0.4, 0.5) is 5.69 Å². The van der Waals surface area contributed by atoms with Gasteiger partial charge in [0.05, 0.1) is 10.5 Å². The third-order valence-corrected chi connectivity index (χ3v) is 4.14. The van der Waals surface area contributed by atoms with E-state index in [1.807, 2.05) is 4.98 Å². The van der Waals surface area contributed by atoms with Crippen LogP contribution in [0.25, 0.3) is 23.5 Å². The molecule has 28 heavy (non-hydrogen) atoms. The second-order valence-corrected chi connectivity index (χ2v) is 5.91. The number of carbonyl (C=O) groups is 1. The lowest BCUT2D eigenvalue weighted by Gasteiger charge is -1.99. The summed E-state index contributed by atoms with van der Waals surface area (Å²) in [5, 5.41) is 11.0. The number of aromatic nitrogens is 2. The number of ether oxygens (including phenoxy) is 1. The summed E-state index contributed by atoms with van der Waals surface area (Å²) in [5.41, 5.74) is -0.967. The van der Waals surface area contributed by atoms with Crippen molar-refractivity contribution in [2.24, 2.45) is 0 Å². The Hall–Kier alpha value is -4.21. The molecule has 0 aliphatic carbocycles. The van der Waals surface area contributed by atoms with Crippen molar-refractivity contribution in [3.8, 4) is 11.3 Å². The quantitative estimate of drug-likeness (QED) is 0.399.